The maximum Gasteiger partial charge on any atom is 0.251 e. The average Bonchev–Trinajstić information content (AvgIpc) is 2.58. The molecule has 2 aromatic rings. The molecule has 0 atom stereocenters. The Morgan fingerprint density at radius 1 is 1.14 bits per heavy atom. The summed E-state index contributed by atoms with van der Waals surface area (Å²) in [5, 5.41) is 2.97. The molecule has 0 aliphatic carbocycles. The monoisotopic (exact) mass is 295 g/mol. The highest BCUT2D eigenvalue weighted by molar-refractivity contribution is 5.95. The highest BCUT2D eigenvalue weighted by atomic mass is 16.5. The van der Waals surface area contributed by atoms with Crippen molar-refractivity contribution >= 4 is 5.91 Å². The number of carbonyl (C=O) groups excluding carboxylic acids is 1. The zero-order valence-electron chi connectivity index (χ0n) is 13.0. The minimum atomic E-state index is -0.0454. The number of nitrogens with one attached hydrogen (secondary N) is 1. The van der Waals surface area contributed by atoms with Crippen molar-refractivity contribution in [2.24, 2.45) is 0 Å². The Balaban J connectivity index is 2.02. The van der Waals surface area contributed by atoms with E-state index in [0.29, 0.717) is 6.54 Å². The first-order chi connectivity index (χ1) is 10.7. The Kier molecular flexibility index (Phi) is 5.78. The fraction of sp³-hybridized carbons (Fsp3) is 0.211. The fourth-order valence-corrected chi connectivity index (χ4v) is 2.19. The lowest BCUT2D eigenvalue weighted by Gasteiger charge is -2.09. The third kappa shape index (κ3) is 4.22. The molecule has 2 aromatic carbocycles. The first-order valence-corrected chi connectivity index (χ1v) is 7.34. The van der Waals surface area contributed by atoms with Crippen LogP contribution in [-0.4, -0.2) is 13.0 Å². The van der Waals surface area contributed by atoms with Gasteiger partial charge in [0.1, 0.15) is 5.75 Å². The molecule has 0 radical (unpaired) electrons. The number of ether oxygens (including phenoxy) is 1. The van der Waals surface area contributed by atoms with Gasteiger partial charge in [0.25, 0.3) is 5.91 Å². The smallest absolute Gasteiger partial charge is 0.251 e. The SMILES string of the molecule is C/C=C/Cc1ccccc1C(=O)NCc1ccc(OC)cc1. The Morgan fingerprint density at radius 2 is 1.86 bits per heavy atom. The van der Waals surface area contributed by atoms with Gasteiger partial charge in [-0.2, -0.15) is 0 Å². The van der Waals surface area contributed by atoms with Gasteiger partial charge in [-0.1, -0.05) is 42.5 Å². The zero-order chi connectivity index (χ0) is 15.8. The van der Waals surface area contributed by atoms with Gasteiger partial charge < -0.3 is 10.1 Å². The van der Waals surface area contributed by atoms with Crippen molar-refractivity contribution in [3.8, 4) is 5.75 Å². The molecule has 0 aliphatic heterocycles. The number of amides is 1. The van der Waals surface area contributed by atoms with Crippen molar-refractivity contribution in [2.45, 2.75) is 19.9 Å². The average molecular weight is 295 g/mol. The summed E-state index contributed by atoms with van der Waals surface area (Å²) in [7, 11) is 1.64. The third-order valence-electron chi connectivity index (χ3n) is 3.45. The number of hydrogen-bond donors (Lipinski definition) is 1. The summed E-state index contributed by atoms with van der Waals surface area (Å²) in [5.74, 6) is 0.766. The second-order valence-corrected chi connectivity index (χ2v) is 4.96. The molecule has 1 amide bonds. The van der Waals surface area contributed by atoms with Crippen molar-refractivity contribution in [1.29, 1.82) is 0 Å². The predicted molar refractivity (Wildman–Crippen MR) is 89.1 cm³/mol. The van der Waals surface area contributed by atoms with Gasteiger partial charge in [0.05, 0.1) is 7.11 Å². The Labute approximate surface area is 131 Å². The lowest BCUT2D eigenvalue weighted by molar-refractivity contribution is 0.0950. The molecule has 0 fully saturated rings. The summed E-state index contributed by atoms with van der Waals surface area (Å²) in [6.45, 7) is 2.48. The van der Waals surface area contributed by atoms with E-state index >= 15 is 0 Å². The van der Waals surface area contributed by atoms with Crippen LogP contribution < -0.4 is 10.1 Å². The van der Waals surface area contributed by atoms with Crippen molar-refractivity contribution in [1.82, 2.24) is 5.32 Å². The van der Waals surface area contributed by atoms with E-state index in [1.165, 1.54) is 0 Å². The van der Waals surface area contributed by atoms with E-state index in [1.54, 1.807) is 7.11 Å². The maximum atomic E-state index is 12.4. The molecule has 0 unspecified atom stereocenters. The quantitative estimate of drug-likeness (QED) is 0.824. The number of benzene rings is 2. The molecular weight excluding hydrogens is 274 g/mol. The van der Waals surface area contributed by atoms with E-state index < -0.39 is 0 Å². The summed E-state index contributed by atoms with van der Waals surface area (Å²) >= 11 is 0. The molecule has 114 valence electrons. The molecule has 0 heterocycles. The van der Waals surface area contributed by atoms with Crippen LogP contribution in [0.2, 0.25) is 0 Å². The molecule has 0 saturated carbocycles. The first kappa shape index (κ1) is 15.8. The molecule has 0 bridgehead atoms. The lowest BCUT2D eigenvalue weighted by Crippen LogP contribution is -2.23. The number of allylic oxidation sites excluding steroid dienone is 2. The third-order valence-corrected chi connectivity index (χ3v) is 3.45. The summed E-state index contributed by atoms with van der Waals surface area (Å²) in [4.78, 5) is 12.4. The van der Waals surface area contributed by atoms with Crippen LogP contribution in [0.4, 0.5) is 0 Å². The van der Waals surface area contributed by atoms with Crippen LogP contribution in [0, 0.1) is 0 Å². The second-order valence-electron chi connectivity index (χ2n) is 4.96. The van der Waals surface area contributed by atoms with Crippen LogP contribution in [0.15, 0.2) is 60.7 Å². The van der Waals surface area contributed by atoms with Gasteiger partial charge in [-0.15, -0.1) is 0 Å². The van der Waals surface area contributed by atoms with Crippen molar-refractivity contribution in [2.75, 3.05) is 7.11 Å². The summed E-state index contributed by atoms with van der Waals surface area (Å²) in [5.41, 5.74) is 2.81. The molecule has 1 N–H and O–H groups in total. The zero-order valence-corrected chi connectivity index (χ0v) is 13.0. The van der Waals surface area contributed by atoms with Gasteiger partial charge in [-0.25, -0.2) is 0 Å². The Bertz CT molecular complexity index is 645. The maximum absolute atomic E-state index is 12.4. The second kappa shape index (κ2) is 8.03. The van der Waals surface area contributed by atoms with Crippen LogP contribution >= 0.6 is 0 Å². The number of hydrogen-bond acceptors (Lipinski definition) is 2. The fourth-order valence-electron chi connectivity index (χ4n) is 2.19. The van der Waals surface area contributed by atoms with E-state index in [0.717, 1.165) is 28.9 Å². The van der Waals surface area contributed by atoms with E-state index in [4.69, 9.17) is 4.74 Å². The van der Waals surface area contributed by atoms with Gasteiger partial charge in [0.15, 0.2) is 0 Å². The number of carbonyl (C=O) groups is 1. The van der Waals surface area contributed by atoms with E-state index in [-0.39, 0.29) is 5.91 Å². The van der Waals surface area contributed by atoms with Gasteiger partial charge >= 0.3 is 0 Å². The van der Waals surface area contributed by atoms with Crippen LogP contribution in [0.25, 0.3) is 0 Å². The van der Waals surface area contributed by atoms with Crippen LogP contribution in [-0.2, 0) is 13.0 Å². The van der Waals surface area contributed by atoms with E-state index in [9.17, 15) is 4.79 Å². The standard InChI is InChI=1S/C19H21NO2/c1-3-4-7-16-8-5-6-9-18(16)19(21)20-14-15-10-12-17(22-2)13-11-15/h3-6,8-13H,7,14H2,1-2H3,(H,20,21)/b4-3+. The highest BCUT2D eigenvalue weighted by Crippen LogP contribution is 2.13. The molecule has 22 heavy (non-hydrogen) atoms. The van der Waals surface area contributed by atoms with E-state index in [1.807, 2.05) is 61.5 Å². The van der Waals surface area contributed by atoms with Gasteiger partial charge in [0.2, 0.25) is 0 Å². The normalized spacial score (nSPS) is 10.6. The molecule has 3 heteroatoms. The van der Waals surface area contributed by atoms with Crippen LogP contribution in [0.1, 0.15) is 28.4 Å². The largest absolute Gasteiger partial charge is 0.497 e. The van der Waals surface area contributed by atoms with Crippen molar-refractivity contribution in [3.63, 3.8) is 0 Å². The highest BCUT2D eigenvalue weighted by Gasteiger charge is 2.09. The van der Waals surface area contributed by atoms with Gasteiger partial charge in [0, 0.05) is 12.1 Å². The van der Waals surface area contributed by atoms with Crippen LogP contribution in [0.3, 0.4) is 0 Å². The summed E-state index contributed by atoms with van der Waals surface area (Å²) in [6.07, 6.45) is 4.81. The molecule has 3 nitrogen and oxygen atoms in total. The number of methoxy groups -OCH3 is 1. The summed E-state index contributed by atoms with van der Waals surface area (Å²) in [6, 6.07) is 15.4. The molecule has 0 aliphatic rings. The number of rotatable bonds is 6. The van der Waals surface area contributed by atoms with Crippen molar-refractivity contribution < 1.29 is 9.53 Å². The van der Waals surface area contributed by atoms with Gasteiger partial charge in [-0.05, 0) is 42.7 Å². The predicted octanol–water partition coefficient (Wildman–Crippen LogP) is 3.74. The topological polar surface area (TPSA) is 38.3 Å². The van der Waals surface area contributed by atoms with E-state index in [2.05, 4.69) is 11.4 Å². The minimum Gasteiger partial charge on any atom is -0.497 e. The molecule has 0 saturated heterocycles. The molecule has 2 rings (SSSR count). The molecule has 0 spiro atoms. The summed E-state index contributed by atoms with van der Waals surface area (Å²) < 4.78 is 5.12. The minimum absolute atomic E-state index is 0.0454. The first-order valence-electron chi connectivity index (χ1n) is 7.34. The Morgan fingerprint density at radius 3 is 2.55 bits per heavy atom. The lowest BCUT2D eigenvalue weighted by atomic mass is 10.0. The van der Waals surface area contributed by atoms with Crippen molar-refractivity contribution in [3.05, 3.63) is 77.4 Å². The van der Waals surface area contributed by atoms with Gasteiger partial charge in [-0.3, -0.25) is 4.79 Å². The van der Waals surface area contributed by atoms with Crippen LogP contribution in [0.5, 0.6) is 5.75 Å². The molecular formula is C19H21NO2. The molecule has 0 aromatic heterocycles. The Hall–Kier alpha value is -2.55.